The Labute approximate surface area is 107 Å². The average molecular weight is 292 g/mol. The van der Waals surface area contributed by atoms with Crippen molar-refractivity contribution in [3.8, 4) is 0 Å². The first-order chi connectivity index (χ1) is 7.12. The molecule has 0 aliphatic heterocycles. The summed E-state index contributed by atoms with van der Waals surface area (Å²) in [6.45, 7) is 3.16. The second-order valence-corrected chi connectivity index (χ2v) is 2.53. The summed E-state index contributed by atoms with van der Waals surface area (Å²) in [5.41, 5.74) is 0. The zero-order valence-electron chi connectivity index (χ0n) is 9.44. The van der Waals surface area contributed by atoms with Crippen LogP contribution in [0.5, 0.6) is 0 Å². The Morgan fingerprint density at radius 2 is 1.31 bits per heavy atom. The molecule has 0 unspecified atom stereocenters. The van der Waals surface area contributed by atoms with E-state index in [1.807, 2.05) is 0 Å². The Bertz CT molecular complexity index is 134. The molecule has 0 aromatic heterocycles. The van der Waals surface area contributed by atoms with Gasteiger partial charge in [0.25, 0.3) is 0 Å². The minimum atomic E-state index is -0.495. The molecule has 7 heteroatoms. The molecule has 0 heterocycles. The van der Waals surface area contributed by atoms with Gasteiger partial charge in [-0.25, -0.2) is 0 Å². The molecule has 0 rings (SSSR count). The van der Waals surface area contributed by atoms with Gasteiger partial charge in [0.2, 0.25) is 0 Å². The van der Waals surface area contributed by atoms with E-state index >= 15 is 0 Å². The normalized spacial score (nSPS) is 8.81. The van der Waals surface area contributed by atoms with E-state index < -0.39 is 5.95 Å². The van der Waals surface area contributed by atoms with Crippen molar-refractivity contribution in [2.24, 2.45) is 0 Å². The van der Waals surface area contributed by atoms with Gasteiger partial charge in [0, 0.05) is 23.5 Å². The maximum atomic E-state index is 10.0. The van der Waals surface area contributed by atoms with Gasteiger partial charge in [-0.3, -0.25) is 0 Å². The summed E-state index contributed by atoms with van der Waals surface area (Å²) in [6, 6.07) is 0. The molecule has 96 valence electrons. The molecule has 0 atom stereocenters. The van der Waals surface area contributed by atoms with Crippen LogP contribution in [-0.2, 0) is 4.74 Å². The van der Waals surface area contributed by atoms with Crippen molar-refractivity contribution in [2.75, 3.05) is 46.6 Å². The van der Waals surface area contributed by atoms with E-state index in [0.29, 0.717) is 19.6 Å². The molecular formula is C9H17GeNO5-4. The minimum Gasteiger partial charge on any atom is -0.854 e. The molecule has 0 saturated heterocycles. The van der Waals surface area contributed by atoms with Crippen LogP contribution in [0.4, 0.5) is 0 Å². The van der Waals surface area contributed by atoms with Gasteiger partial charge in [-0.15, -0.1) is 19.8 Å². The van der Waals surface area contributed by atoms with Crippen LogP contribution < -0.4 is 20.4 Å². The topological polar surface area (TPSA) is 105 Å². The Morgan fingerprint density at radius 3 is 1.44 bits per heavy atom. The second kappa shape index (κ2) is 17.1. The number of hydrogen-bond acceptors (Lipinski definition) is 6. The Hall–Kier alpha value is -0.277. The van der Waals surface area contributed by atoms with Crippen molar-refractivity contribution >= 4 is 17.6 Å². The summed E-state index contributed by atoms with van der Waals surface area (Å²) in [5, 5.41) is 39.6. The molecule has 0 bridgehead atoms. The standard InChI is InChI=1S/C6H12NO3.C3H6O2.Ge/c8-4-1-7(2-5-9)3-6-10;1-3(4)5-2;/h1-6H2;4H,1H2,2H3;/q-3;;/p-1. The van der Waals surface area contributed by atoms with Crippen LogP contribution in [0.2, 0.25) is 0 Å². The van der Waals surface area contributed by atoms with Crippen molar-refractivity contribution in [3.63, 3.8) is 0 Å². The summed E-state index contributed by atoms with van der Waals surface area (Å²) in [6.07, 6.45) is 0. The maximum absolute atomic E-state index is 10.0. The first kappa shape index (κ1) is 21.1. The first-order valence-electron chi connectivity index (χ1n) is 4.48. The van der Waals surface area contributed by atoms with E-state index in [1.54, 1.807) is 4.90 Å². The largest absolute Gasteiger partial charge is 0.854 e. The molecule has 16 heavy (non-hydrogen) atoms. The zero-order chi connectivity index (χ0) is 12.1. The van der Waals surface area contributed by atoms with Gasteiger partial charge in [-0.1, -0.05) is 6.58 Å². The molecule has 0 aliphatic carbocycles. The monoisotopic (exact) mass is 293 g/mol. The van der Waals surface area contributed by atoms with Crippen LogP contribution in [0.25, 0.3) is 0 Å². The van der Waals surface area contributed by atoms with Crippen molar-refractivity contribution in [1.29, 1.82) is 0 Å². The first-order valence-corrected chi connectivity index (χ1v) is 4.48. The molecular weight excluding hydrogens is 275 g/mol. The van der Waals surface area contributed by atoms with Crippen molar-refractivity contribution < 1.29 is 25.2 Å². The van der Waals surface area contributed by atoms with Crippen molar-refractivity contribution in [1.82, 2.24) is 4.90 Å². The van der Waals surface area contributed by atoms with Gasteiger partial charge >= 0.3 is 0 Å². The van der Waals surface area contributed by atoms with Gasteiger partial charge < -0.3 is 30.1 Å². The van der Waals surface area contributed by atoms with Crippen LogP contribution in [0.15, 0.2) is 12.5 Å². The fourth-order valence-corrected chi connectivity index (χ4v) is 0.723. The summed E-state index contributed by atoms with van der Waals surface area (Å²) in [7, 11) is 1.29. The van der Waals surface area contributed by atoms with Crippen LogP contribution >= 0.6 is 0 Å². The molecule has 0 amide bonds. The predicted octanol–water partition coefficient (Wildman–Crippen LogP) is -4.55. The molecule has 0 N–H and O–H groups in total. The molecule has 0 aromatic carbocycles. The van der Waals surface area contributed by atoms with Crippen molar-refractivity contribution in [3.05, 3.63) is 12.5 Å². The van der Waals surface area contributed by atoms with Gasteiger partial charge in [0.15, 0.2) is 0 Å². The van der Waals surface area contributed by atoms with E-state index in [0.717, 1.165) is 0 Å². The number of methoxy groups -OCH3 is 1. The van der Waals surface area contributed by atoms with Gasteiger partial charge in [-0.05, 0) is 26.7 Å². The summed E-state index contributed by atoms with van der Waals surface area (Å²) in [4.78, 5) is 1.60. The number of rotatable bonds is 7. The molecule has 6 nitrogen and oxygen atoms in total. The van der Waals surface area contributed by atoms with E-state index in [2.05, 4.69) is 11.3 Å². The fraction of sp³-hybridized carbons (Fsp3) is 0.778. The number of hydrogen-bond donors (Lipinski definition) is 0. The molecule has 0 spiro atoms. The third kappa shape index (κ3) is 19.3. The van der Waals surface area contributed by atoms with E-state index in [-0.39, 0.29) is 37.4 Å². The SMILES string of the molecule is C=C([O-])OC.[Ge].[O-]CCN(CC[O-])CC[O-]. The zero-order valence-corrected chi connectivity index (χ0v) is 11.5. The summed E-state index contributed by atoms with van der Waals surface area (Å²) in [5.74, 6) is -0.495. The maximum Gasteiger partial charge on any atom is 0.0435 e. The van der Waals surface area contributed by atoms with Crippen molar-refractivity contribution in [2.45, 2.75) is 0 Å². The molecule has 0 aliphatic rings. The second-order valence-electron chi connectivity index (χ2n) is 2.53. The molecule has 0 aromatic rings. The van der Waals surface area contributed by atoms with Crippen LogP contribution in [-0.4, -0.2) is 69.1 Å². The van der Waals surface area contributed by atoms with Crippen LogP contribution in [0.3, 0.4) is 0 Å². The summed E-state index contributed by atoms with van der Waals surface area (Å²) < 4.78 is 4.00. The molecule has 0 fully saturated rings. The predicted molar refractivity (Wildman–Crippen MR) is 52.9 cm³/mol. The fourth-order valence-electron chi connectivity index (χ4n) is 0.723. The molecule has 4 radical (unpaired) electrons. The number of nitrogens with zero attached hydrogens (tertiary/aromatic N) is 1. The van der Waals surface area contributed by atoms with Crippen LogP contribution in [0, 0.1) is 0 Å². The third-order valence-electron chi connectivity index (χ3n) is 1.45. The Morgan fingerprint density at radius 1 is 1.06 bits per heavy atom. The average Bonchev–Trinajstić information content (AvgIpc) is 2.20. The minimum absolute atomic E-state index is 0. The van der Waals surface area contributed by atoms with Gasteiger partial charge in [-0.2, -0.15) is 0 Å². The molecule has 0 saturated carbocycles. The van der Waals surface area contributed by atoms with E-state index in [1.165, 1.54) is 7.11 Å². The Kier molecular flexibility index (Phi) is 22.5. The Balaban J connectivity index is -0.000000242. The quantitative estimate of drug-likeness (QED) is 0.346. The number of ether oxygens (including phenoxy) is 1. The third-order valence-corrected chi connectivity index (χ3v) is 1.45. The van der Waals surface area contributed by atoms with Gasteiger partial charge in [0.1, 0.15) is 0 Å². The summed E-state index contributed by atoms with van der Waals surface area (Å²) >= 11 is 0. The van der Waals surface area contributed by atoms with E-state index in [9.17, 15) is 20.4 Å². The van der Waals surface area contributed by atoms with E-state index in [4.69, 9.17) is 0 Å². The van der Waals surface area contributed by atoms with Gasteiger partial charge in [0.05, 0.1) is 0 Å². The van der Waals surface area contributed by atoms with Crippen LogP contribution in [0.1, 0.15) is 0 Å². The smallest absolute Gasteiger partial charge is 0.0435 e.